The van der Waals surface area contributed by atoms with Gasteiger partial charge in [0.05, 0.1) is 12.0 Å². The van der Waals surface area contributed by atoms with E-state index in [-0.39, 0.29) is 11.8 Å². The molecule has 0 saturated heterocycles. The van der Waals surface area contributed by atoms with Crippen LogP contribution in [0, 0.1) is 0 Å². The maximum Gasteiger partial charge on any atom is 0.172 e. The highest BCUT2D eigenvalue weighted by Crippen LogP contribution is 2.37. The molecule has 148 valence electrons. The second-order valence-corrected chi connectivity index (χ2v) is 7.59. The van der Waals surface area contributed by atoms with Crippen LogP contribution in [-0.4, -0.2) is 5.78 Å². The molecule has 4 aromatic rings. The molecule has 0 spiro atoms. The van der Waals surface area contributed by atoms with Gasteiger partial charge in [0.25, 0.3) is 0 Å². The van der Waals surface area contributed by atoms with Crippen molar-refractivity contribution in [3.8, 4) is 0 Å². The number of halogens is 1. The Labute approximate surface area is 182 Å². The summed E-state index contributed by atoms with van der Waals surface area (Å²) >= 11 is 6.07. The first-order chi connectivity index (χ1) is 14.7. The Bertz CT molecular complexity index is 1080. The molecule has 0 saturated carbocycles. The van der Waals surface area contributed by atoms with Crippen LogP contribution in [0.15, 0.2) is 115 Å². The predicted molar refractivity (Wildman–Crippen MR) is 124 cm³/mol. The van der Waals surface area contributed by atoms with Crippen molar-refractivity contribution >= 4 is 23.1 Å². The normalized spacial score (nSPS) is 12.7. The molecule has 3 heteroatoms. The summed E-state index contributed by atoms with van der Waals surface area (Å²) in [4.78, 5) is 13.7. The minimum Gasteiger partial charge on any atom is -0.377 e. The Morgan fingerprint density at radius 1 is 0.633 bits per heavy atom. The van der Waals surface area contributed by atoms with Gasteiger partial charge in [-0.1, -0.05) is 103 Å². The zero-order valence-corrected chi connectivity index (χ0v) is 17.2. The Balaban J connectivity index is 1.82. The molecule has 30 heavy (non-hydrogen) atoms. The van der Waals surface area contributed by atoms with E-state index >= 15 is 0 Å². The highest BCUT2D eigenvalue weighted by Gasteiger charge is 2.31. The predicted octanol–water partition coefficient (Wildman–Crippen LogP) is 7.16. The topological polar surface area (TPSA) is 29.1 Å². The monoisotopic (exact) mass is 411 g/mol. The quantitative estimate of drug-likeness (QED) is 0.327. The Kier molecular flexibility index (Phi) is 6.26. The highest BCUT2D eigenvalue weighted by molar-refractivity contribution is 6.30. The number of hydrogen-bond donors (Lipinski definition) is 1. The fraction of sp³-hybridized carbons (Fsp3) is 0.0741. The molecule has 0 fully saturated rings. The fourth-order valence-corrected chi connectivity index (χ4v) is 3.81. The number of benzene rings is 4. The van der Waals surface area contributed by atoms with Crippen LogP contribution >= 0.6 is 11.6 Å². The van der Waals surface area contributed by atoms with Gasteiger partial charge >= 0.3 is 0 Å². The molecule has 0 aliphatic carbocycles. The van der Waals surface area contributed by atoms with Crippen LogP contribution in [0.4, 0.5) is 5.69 Å². The number of Topliss-reactive ketones (excluding diaryl/α,β-unsaturated/α-hetero) is 1. The third-order valence-corrected chi connectivity index (χ3v) is 5.41. The molecule has 2 atom stereocenters. The smallest absolute Gasteiger partial charge is 0.172 e. The standard InChI is InChI=1S/C27H22ClNO/c28-23-16-18-24(19-17-23)29-26(21-12-6-2-7-13-21)25(20-10-4-1-5-11-20)27(30)22-14-8-3-9-15-22/h1-19,25-26,29H/t25-,26-/m1/s1. The SMILES string of the molecule is O=C(c1ccccc1)[C@H](c1ccccc1)[C@H](Nc1ccc(Cl)cc1)c1ccccc1. The number of carbonyl (C=O) groups is 1. The Morgan fingerprint density at radius 3 is 1.70 bits per heavy atom. The fourth-order valence-electron chi connectivity index (χ4n) is 3.68. The summed E-state index contributed by atoms with van der Waals surface area (Å²) in [5.74, 6) is -0.316. The average molecular weight is 412 g/mol. The maximum absolute atomic E-state index is 13.7. The van der Waals surface area contributed by atoms with E-state index in [9.17, 15) is 4.79 Å². The Morgan fingerprint density at radius 2 is 1.13 bits per heavy atom. The van der Waals surface area contributed by atoms with E-state index in [1.165, 1.54) is 0 Å². The van der Waals surface area contributed by atoms with E-state index in [2.05, 4.69) is 17.4 Å². The summed E-state index contributed by atoms with van der Waals surface area (Å²) in [5, 5.41) is 4.27. The Hall–Kier alpha value is -3.36. The van der Waals surface area contributed by atoms with Crippen molar-refractivity contribution in [2.45, 2.75) is 12.0 Å². The van der Waals surface area contributed by atoms with Gasteiger partial charge in [0, 0.05) is 16.3 Å². The zero-order chi connectivity index (χ0) is 20.8. The van der Waals surface area contributed by atoms with Crippen LogP contribution in [0.5, 0.6) is 0 Å². The molecule has 0 unspecified atom stereocenters. The first-order valence-electron chi connectivity index (χ1n) is 9.93. The summed E-state index contributed by atoms with van der Waals surface area (Å²) in [7, 11) is 0. The first-order valence-corrected chi connectivity index (χ1v) is 10.3. The molecule has 0 aliphatic heterocycles. The van der Waals surface area contributed by atoms with E-state index in [1.807, 2.05) is 103 Å². The third kappa shape index (κ3) is 4.61. The second-order valence-electron chi connectivity index (χ2n) is 7.16. The number of hydrogen-bond acceptors (Lipinski definition) is 2. The van der Waals surface area contributed by atoms with Crippen molar-refractivity contribution in [3.05, 3.63) is 137 Å². The molecule has 2 nitrogen and oxygen atoms in total. The molecular formula is C27H22ClNO. The van der Waals surface area contributed by atoms with Crippen molar-refractivity contribution in [2.75, 3.05) is 5.32 Å². The van der Waals surface area contributed by atoms with Crippen molar-refractivity contribution < 1.29 is 4.79 Å². The molecule has 1 N–H and O–H groups in total. The largest absolute Gasteiger partial charge is 0.377 e. The summed E-state index contributed by atoms with van der Waals surface area (Å²) in [6.45, 7) is 0. The van der Waals surface area contributed by atoms with Gasteiger partial charge in [0.15, 0.2) is 5.78 Å². The van der Waals surface area contributed by atoms with Crippen molar-refractivity contribution in [3.63, 3.8) is 0 Å². The van der Waals surface area contributed by atoms with Gasteiger partial charge in [-0.3, -0.25) is 4.79 Å². The van der Waals surface area contributed by atoms with Crippen LogP contribution in [0.3, 0.4) is 0 Å². The molecule has 0 bridgehead atoms. The van der Waals surface area contributed by atoms with Crippen LogP contribution in [0.25, 0.3) is 0 Å². The molecule has 0 aliphatic rings. The summed E-state index contributed by atoms with van der Waals surface area (Å²) in [6, 6.07) is 36.9. The van der Waals surface area contributed by atoms with Gasteiger partial charge in [-0.05, 0) is 35.4 Å². The van der Waals surface area contributed by atoms with Crippen LogP contribution in [0.1, 0.15) is 33.4 Å². The lowest BCUT2D eigenvalue weighted by atomic mass is 9.81. The lowest BCUT2D eigenvalue weighted by Crippen LogP contribution is -2.26. The average Bonchev–Trinajstić information content (AvgIpc) is 2.82. The van der Waals surface area contributed by atoms with Gasteiger partial charge in [-0.2, -0.15) is 0 Å². The van der Waals surface area contributed by atoms with E-state index in [4.69, 9.17) is 11.6 Å². The number of ketones is 1. The van der Waals surface area contributed by atoms with Crippen LogP contribution < -0.4 is 5.32 Å². The van der Waals surface area contributed by atoms with Gasteiger partial charge in [-0.25, -0.2) is 0 Å². The third-order valence-electron chi connectivity index (χ3n) is 5.16. The zero-order valence-electron chi connectivity index (χ0n) is 16.4. The van der Waals surface area contributed by atoms with Gasteiger partial charge in [0.2, 0.25) is 0 Å². The number of carbonyl (C=O) groups excluding carboxylic acids is 1. The molecule has 0 heterocycles. The van der Waals surface area contributed by atoms with Gasteiger partial charge in [0.1, 0.15) is 0 Å². The lowest BCUT2D eigenvalue weighted by Gasteiger charge is -2.29. The maximum atomic E-state index is 13.7. The molecule has 0 aromatic heterocycles. The minimum atomic E-state index is -0.397. The molecule has 0 radical (unpaired) electrons. The number of nitrogens with one attached hydrogen (secondary N) is 1. The van der Waals surface area contributed by atoms with Crippen LogP contribution in [0.2, 0.25) is 5.02 Å². The molecule has 4 rings (SSSR count). The van der Waals surface area contributed by atoms with Crippen molar-refractivity contribution in [1.82, 2.24) is 0 Å². The van der Waals surface area contributed by atoms with E-state index in [1.54, 1.807) is 0 Å². The summed E-state index contributed by atoms with van der Waals surface area (Å²) in [5.41, 5.74) is 3.63. The second kappa shape index (κ2) is 9.43. The number of rotatable bonds is 7. The summed E-state index contributed by atoms with van der Waals surface area (Å²) in [6.07, 6.45) is 0. The molecule has 0 amide bonds. The highest BCUT2D eigenvalue weighted by atomic mass is 35.5. The number of anilines is 1. The first kappa shape index (κ1) is 19.9. The van der Waals surface area contributed by atoms with Crippen LogP contribution in [-0.2, 0) is 0 Å². The lowest BCUT2D eigenvalue weighted by molar-refractivity contribution is 0.0950. The van der Waals surface area contributed by atoms with Crippen molar-refractivity contribution in [2.24, 2.45) is 0 Å². The summed E-state index contributed by atoms with van der Waals surface area (Å²) < 4.78 is 0. The molecule has 4 aromatic carbocycles. The van der Waals surface area contributed by atoms with Gasteiger partial charge < -0.3 is 5.32 Å². The van der Waals surface area contributed by atoms with Gasteiger partial charge in [-0.15, -0.1) is 0 Å². The van der Waals surface area contributed by atoms with Crippen molar-refractivity contribution in [1.29, 1.82) is 0 Å². The minimum absolute atomic E-state index is 0.0807. The van der Waals surface area contributed by atoms with E-state index in [0.717, 1.165) is 16.8 Å². The molecular weight excluding hydrogens is 390 g/mol. The van der Waals surface area contributed by atoms with E-state index in [0.29, 0.717) is 10.6 Å². The van der Waals surface area contributed by atoms with E-state index < -0.39 is 5.92 Å².